The van der Waals surface area contributed by atoms with Crippen molar-refractivity contribution in [3.8, 4) is 5.75 Å². The van der Waals surface area contributed by atoms with Crippen LogP contribution in [0.25, 0.3) is 0 Å². The maximum atomic E-state index is 12.9. The second-order valence-corrected chi connectivity index (χ2v) is 7.50. The molecule has 2 heterocycles. The Hall–Kier alpha value is -2.87. The average Bonchev–Trinajstić information content (AvgIpc) is 3.17. The molecule has 0 spiro atoms. The minimum atomic E-state index is -1.24. The first-order valence-corrected chi connectivity index (χ1v) is 9.14. The van der Waals surface area contributed by atoms with Gasteiger partial charge in [-0.15, -0.1) is 0 Å². The largest absolute Gasteiger partial charge is 0.492 e. The zero-order valence-corrected chi connectivity index (χ0v) is 15.9. The number of benzene rings is 2. The number of urea groups is 1. The molecule has 0 bridgehead atoms. The summed E-state index contributed by atoms with van der Waals surface area (Å²) >= 11 is 3.37. The highest BCUT2D eigenvalue weighted by Crippen LogP contribution is 2.36. The lowest BCUT2D eigenvalue weighted by Gasteiger charge is -2.22. The fourth-order valence-electron chi connectivity index (χ4n) is 3.30. The highest BCUT2D eigenvalue weighted by atomic mass is 79.9. The van der Waals surface area contributed by atoms with E-state index < -0.39 is 29.3 Å². The van der Waals surface area contributed by atoms with Crippen LogP contribution in [0.2, 0.25) is 0 Å². The summed E-state index contributed by atoms with van der Waals surface area (Å²) in [5.74, 6) is -1.01. The Morgan fingerprint density at radius 3 is 2.74 bits per heavy atom. The number of halogens is 1. The van der Waals surface area contributed by atoms with Crippen molar-refractivity contribution in [3.63, 3.8) is 0 Å². The predicted octanol–water partition coefficient (Wildman–Crippen LogP) is 2.42. The molecule has 27 heavy (non-hydrogen) atoms. The van der Waals surface area contributed by atoms with Gasteiger partial charge in [-0.05, 0) is 30.7 Å². The van der Waals surface area contributed by atoms with Crippen molar-refractivity contribution in [3.05, 3.63) is 64.1 Å². The Balaban J connectivity index is 1.56. The summed E-state index contributed by atoms with van der Waals surface area (Å²) in [6.07, 6.45) is 0. The van der Waals surface area contributed by atoms with Gasteiger partial charge in [-0.2, -0.15) is 5.01 Å². The minimum Gasteiger partial charge on any atom is -0.492 e. The van der Waals surface area contributed by atoms with Gasteiger partial charge < -0.3 is 10.1 Å². The van der Waals surface area contributed by atoms with E-state index in [0.717, 1.165) is 9.48 Å². The van der Waals surface area contributed by atoms with E-state index in [0.29, 0.717) is 16.9 Å². The first-order chi connectivity index (χ1) is 12.9. The van der Waals surface area contributed by atoms with Gasteiger partial charge in [-0.3, -0.25) is 15.0 Å². The van der Waals surface area contributed by atoms with E-state index in [1.54, 1.807) is 43.3 Å². The molecule has 0 saturated carbocycles. The van der Waals surface area contributed by atoms with Crippen LogP contribution < -0.4 is 15.5 Å². The van der Waals surface area contributed by atoms with Crippen molar-refractivity contribution in [1.29, 1.82) is 0 Å². The summed E-state index contributed by atoms with van der Waals surface area (Å²) in [5, 5.41) is 3.40. The van der Waals surface area contributed by atoms with E-state index in [1.807, 2.05) is 12.1 Å². The lowest BCUT2D eigenvalue weighted by molar-refractivity contribution is -0.139. The summed E-state index contributed by atoms with van der Waals surface area (Å²) in [4.78, 5) is 38.0. The number of carbonyl (C=O) groups excluding carboxylic acids is 3. The average molecular weight is 430 g/mol. The minimum absolute atomic E-state index is 0.150. The van der Waals surface area contributed by atoms with E-state index in [4.69, 9.17) is 4.74 Å². The summed E-state index contributed by atoms with van der Waals surface area (Å²) in [6, 6.07) is 13.6. The number of rotatable bonds is 3. The van der Waals surface area contributed by atoms with Crippen LogP contribution in [0, 0.1) is 0 Å². The molecule has 4 amide bonds. The van der Waals surface area contributed by atoms with Gasteiger partial charge >= 0.3 is 6.03 Å². The van der Waals surface area contributed by atoms with Gasteiger partial charge in [0.2, 0.25) is 5.91 Å². The molecule has 2 aromatic rings. The van der Waals surface area contributed by atoms with E-state index in [2.05, 4.69) is 26.7 Å². The highest BCUT2D eigenvalue weighted by molar-refractivity contribution is 9.10. The van der Waals surface area contributed by atoms with Crippen LogP contribution in [0.15, 0.2) is 53.0 Å². The third-order valence-electron chi connectivity index (χ3n) is 4.83. The van der Waals surface area contributed by atoms with Crippen molar-refractivity contribution in [2.45, 2.75) is 18.4 Å². The molecular formula is C19H16BrN3O4. The van der Waals surface area contributed by atoms with Gasteiger partial charge in [0, 0.05) is 10.0 Å². The number of hydrogen-bond donors (Lipinski definition) is 2. The maximum Gasteiger partial charge on any atom is 0.344 e. The van der Waals surface area contributed by atoms with Crippen molar-refractivity contribution >= 4 is 33.8 Å². The van der Waals surface area contributed by atoms with Gasteiger partial charge in [0.25, 0.3) is 5.91 Å². The number of carbonyl (C=O) groups is 3. The third kappa shape index (κ3) is 2.86. The van der Waals surface area contributed by atoms with Gasteiger partial charge in [-0.25, -0.2) is 4.79 Å². The van der Waals surface area contributed by atoms with E-state index in [9.17, 15) is 14.4 Å². The van der Waals surface area contributed by atoms with Crippen molar-refractivity contribution in [2.75, 3.05) is 6.61 Å². The second-order valence-electron chi connectivity index (χ2n) is 6.58. The van der Waals surface area contributed by atoms with Crippen LogP contribution in [0.1, 0.15) is 24.0 Å². The maximum absolute atomic E-state index is 12.9. The Labute approximate surface area is 163 Å². The lowest BCUT2D eigenvalue weighted by Crippen LogP contribution is -2.49. The van der Waals surface area contributed by atoms with Crippen LogP contribution in [0.3, 0.4) is 0 Å². The fraction of sp³-hybridized carbons (Fsp3) is 0.211. The molecular weight excluding hydrogens is 414 g/mol. The molecule has 2 N–H and O–H groups in total. The fourth-order valence-corrected chi connectivity index (χ4v) is 3.68. The molecule has 1 fully saturated rings. The molecule has 0 aliphatic carbocycles. The zero-order chi connectivity index (χ0) is 19.2. The highest BCUT2D eigenvalue weighted by Gasteiger charge is 2.50. The SMILES string of the molecule is C[C@@]1(c2ccccc2)NC(=O)N(NC(=O)[C@H]2COc3ccc(Br)cc32)C1=O. The molecule has 0 unspecified atom stereocenters. The molecule has 0 aromatic heterocycles. The molecule has 2 atom stereocenters. The molecule has 0 radical (unpaired) electrons. The van der Waals surface area contributed by atoms with Crippen molar-refractivity contribution < 1.29 is 19.1 Å². The standard InChI is InChI=1S/C19H16BrN3O4/c1-19(11-5-3-2-4-6-11)17(25)23(18(26)21-19)22-16(24)14-10-27-15-8-7-12(20)9-13(14)15/h2-9,14H,10H2,1H3,(H,21,26)(H,22,24)/t14-,19-/m0/s1. The monoisotopic (exact) mass is 429 g/mol. The smallest absolute Gasteiger partial charge is 0.344 e. The molecule has 2 aliphatic heterocycles. The van der Waals surface area contributed by atoms with E-state index in [-0.39, 0.29) is 6.61 Å². The normalized spacial score (nSPS) is 23.6. The number of fused-ring (bicyclic) bond motifs is 1. The Morgan fingerprint density at radius 1 is 1.26 bits per heavy atom. The molecule has 138 valence electrons. The van der Waals surface area contributed by atoms with Gasteiger partial charge in [-0.1, -0.05) is 46.3 Å². The first-order valence-electron chi connectivity index (χ1n) is 8.35. The Kier molecular flexibility index (Phi) is 4.15. The molecule has 2 aliphatic rings. The molecule has 1 saturated heterocycles. The second kappa shape index (κ2) is 6.38. The van der Waals surface area contributed by atoms with Gasteiger partial charge in [0.05, 0.1) is 0 Å². The number of ether oxygens (including phenoxy) is 1. The lowest BCUT2D eigenvalue weighted by atomic mass is 9.92. The summed E-state index contributed by atoms with van der Waals surface area (Å²) < 4.78 is 6.35. The number of nitrogens with zero attached hydrogens (tertiary/aromatic N) is 1. The molecule has 7 nitrogen and oxygen atoms in total. The first kappa shape index (κ1) is 17.5. The number of hydrazine groups is 1. The zero-order valence-electron chi connectivity index (χ0n) is 14.4. The number of hydrogen-bond acceptors (Lipinski definition) is 4. The van der Waals surface area contributed by atoms with E-state index in [1.165, 1.54) is 0 Å². The van der Waals surface area contributed by atoms with Crippen LogP contribution in [0.5, 0.6) is 5.75 Å². The van der Waals surface area contributed by atoms with Crippen LogP contribution in [0.4, 0.5) is 4.79 Å². The van der Waals surface area contributed by atoms with Crippen LogP contribution in [-0.4, -0.2) is 29.5 Å². The summed E-state index contributed by atoms with van der Waals surface area (Å²) in [6.45, 7) is 1.76. The topological polar surface area (TPSA) is 87.7 Å². The number of nitrogens with one attached hydrogen (secondary N) is 2. The molecule has 8 heteroatoms. The Bertz CT molecular complexity index is 949. The quantitative estimate of drug-likeness (QED) is 0.733. The summed E-state index contributed by atoms with van der Waals surface area (Å²) in [5.41, 5.74) is 2.55. The predicted molar refractivity (Wildman–Crippen MR) is 99.7 cm³/mol. The molecule has 4 rings (SSSR count). The Morgan fingerprint density at radius 2 is 2.00 bits per heavy atom. The van der Waals surface area contributed by atoms with Gasteiger partial charge in [0.15, 0.2) is 0 Å². The van der Waals surface area contributed by atoms with Gasteiger partial charge in [0.1, 0.15) is 23.8 Å². The van der Waals surface area contributed by atoms with Crippen molar-refractivity contribution in [1.82, 2.24) is 15.8 Å². The number of imide groups is 1. The molecule has 2 aromatic carbocycles. The summed E-state index contributed by atoms with van der Waals surface area (Å²) in [7, 11) is 0. The van der Waals surface area contributed by atoms with Crippen LogP contribution in [-0.2, 0) is 15.1 Å². The van der Waals surface area contributed by atoms with E-state index >= 15 is 0 Å². The third-order valence-corrected chi connectivity index (χ3v) is 5.33. The van der Waals surface area contributed by atoms with Crippen molar-refractivity contribution in [2.24, 2.45) is 0 Å². The number of amides is 4. The van der Waals surface area contributed by atoms with Crippen LogP contribution >= 0.6 is 15.9 Å².